The fourth-order valence-electron chi connectivity index (χ4n) is 1.81. The Bertz CT molecular complexity index is 301. The first-order chi connectivity index (χ1) is 6.77. The average molecular weight is 313 g/mol. The summed E-state index contributed by atoms with van der Waals surface area (Å²) in [4.78, 5) is 1.28. The number of hydrogen-bond donors (Lipinski definition) is 1. The van der Waals surface area contributed by atoms with Gasteiger partial charge in [0, 0.05) is 24.1 Å². The number of rotatable bonds is 2. The van der Waals surface area contributed by atoms with Crippen molar-refractivity contribution in [3.63, 3.8) is 0 Å². The molecule has 1 aromatic rings. The number of ether oxygens (including phenoxy) is 1. The zero-order chi connectivity index (χ0) is 9.97. The van der Waals surface area contributed by atoms with Gasteiger partial charge in [-0.15, -0.1) is 23.7 Å². The summed E-state index contributed by atoms with van der Waals surface area (Å²) in [7, 11) is 0. The largest absolute Gasteiger partial charge is 0.381 e. The Kier molecular flexibility index (Phi) is 5.57. The van der Waals surface area contributed by atoms with E-state index in [1.807, 2.05) is 0 Å². The van der Waals surface area contributed by atoms with E-state index in [0.717, 1.165) is 29.8 Å². The van der Waals surface area contributed by atoms with Crippen molar-refractivity contribution in [2.24, 2.45) is 11.7 Å². The molecule has 0 aromatic carbocycles. The Morgan fingerprint density at radius 3 is 2.60 bits per heavy atom. The Morgan fingerprint density at radius 1 is 1.40 bits per heavy atom. The molecule has 0 saturated carbocycles. The first kappa shape index (κ1) is 13.5. The van der Waals surface area contributed by atoms with Crippen LogP contribution in [-0.4, -0.2) is 13.2 Å². The van der Waals surface area contributed by atoms with Gasteiger partial charge in [0.15, 0.2) is 0 Å². The predicted molar refractivity (Wildman–Crippen MR) is 69.7 cm³/mol. The molecule has 0 aliphatic carbocycles. The second kappa shape index (κ2) is 6.21. The monoisotopic (exact) mass is 311 g/mol. The highest BCUT2D eigenvalue weighted by Crippen LogP contribution is 2.33. The third-order valence-electron chi connectivity index (χ3n) is 2.70. The van der Waals surface area contributed by atoms with Crippen molar-refractivity contribution in [1.29, 1.82) is 0 Å². The van der Waals surface area contributed by atoms with Crippen LogP contribution in [0.2, 0.25) is 0 Å². The lowest BCUT2D eigenvalue weighted by molar-refractivity contribution is 0.0587. The highest BCUT2D eigenvalue weighted by atomic mass is 79.9. The Balaban J connectivity index is 0.00000112. The van der Waals surface area contributed by atoms with Crippen molar-refractivity contribution in [3.8, 4) is 0 Å². The van der Waals surface area contributed by atoms with E-state index in [1.54, 1.807) is 11.3 Å². The minimum atomic E-state index is 0. The van der Waals surface area contributed by atoms with Crippen LogP contribution in [0, 0.1) is 5.92 Å². The minimum Gasteiger partial charge on any atom is -0.381 e. The number of thiophene rings is 1. The Morgan fingerprint density at radius 2 is 2.07 bits per heavy atom. The van der Waals surface area contributed by atoms with E-state index >= 15 is 0 Å². The quantitative estimate of drug-likeness (QED) is 0.909. The van der Waals surface area contributed by atoms with Crippen molar-refractivity contribution >= 4 is 39.7 Å². The molecule has 1 aliphatic rings. The zero-order valence-corrected chi connectivity index (χ0v) is 11.5. The molecular formula is C10H15BrClNOS. The Labute approximate surface area is 109 Å². The molecule has 2 N–H and O–H groups in total. The molecule has 86 valence electrons. The van der Waals surface area contributed by atoms with E-state index in [4.69, 9.17) is 10.5 Å². The van der Waals surface area contributed by atoms with Gasteiger partial charge in [-0.2, -0.15) is 0 Å². The number of nitrogens with two attached hydrogens (primary N) is 1. The minimum absolute atomic E-state index is 0. The summed E-state index contributed by atoms with van der Waals surface area (Å²) in [5, 5.41) is 0. The molecule has 2 nitrogen and oxygen atoms in total. The first-order valence-corrected chi connectivity index (χ1v) is 6.47. The van der Waals surface area contributed by atoms with Crippen molar-refractivity contribution in [2.75, 3.05) is 13.2 Å². The van der Waals surface area contributed by atoms with Gasteiger partial charge in [0.25, 0.3) is 0 Å². The maximum absolute atomic E-state index is 6.22. The summed E-state index contributed by atoms with van der Waals surface area (Å²) in [5.74, 6) is 0.592. The molecule has 0 spiro atoms. The first-order valence-electron chi connectivity index (χ1n) is 4.86. The van der Waals surface area contributed by atoms with Crippen LogP contribution in [0.4, 0.5) is 0 Å². The van der Waals surface area contributed by atoms with Crippen LogP contribution in [-0.2, 0) is 4.74 Å². The topological polar surface area (TPSA) is 35.2 Å². The zero-order valence-electron chi connectivity index (χ0n) is 8.32. The lowest BCUT2D eigenvalue weighted by Gasteiger charge is -2.26. The van der Waals surface area contributed by atoms with Crippen LogP contribution in [0.1, 0.15) is 23.8 Å². The number of halogens is 2. The van der Waals surface area contributed by atoms with Gasteiger partial charge in [-0.25, -0.2) is 0 Å². The molecule has 2 heterocycles. The van der Waals surface area contributed by atoms with E-state index in [-0.39, 0.29) is 18.4 Å². The van der Waals surface area contributed by atoms with Gasteiger partial charge in [-0.05, 0) is 46.8 Å². The van der Waals surface area contributed by atoms with Gasteiger partial charge < -0.3 is 10.5 Å². The Hall–Kier alpha value is 0.390. The molecular weight excluding hydrogens is 298 g/mol. The highest BCUT2D eigenvalue weighted by Gasteiger charge is 2.23. The normalized spacial score (nSPS) is 19.6. The van der Waals surface area contributed by atoms with Crippen molar-refractivity contribution in [1.82, 2.24) is 0 Å². The summed E-state index contributed by atoms with van der Waals surface area (Å²) >= 11 is 5.20. The molecule has 1 fully saturated rings. The summed E-state index contributed by atoms with van der Waals surface area (Å²) in [6, 6.07) is 4.38. The van der Waals surface area contributed by atoms with Gasteiger partial charge in [-0.3, -0.25) is 0 Å². The van der Waals surface area contributed by atoms with Gasteiger partial charge in [-0.1, -0.05) is 0 Å². The molecule has 15 heavy (non-hydrogen) atoms. The third-order valence-corrected chi connectivity index (χ3v) is 4.42. The summed E-state index contributed by atoms with van der Waals surface area (Å²) in [6.07, 6.45) is 2.19. The average Bonchev–Trinajstić information content (AvgIpc) is 2.65. The molecule has 1 atom stereocenters. The second-order valence-electron chi connectivity index (χ2n) is 3.62. The lowest BCUT2D eigenvalue weighted by Crippen LogP contribution is -2.26. The van der Waals surface area contributed by atoms with Crippen LogP contribution in [0.3, 0.4) is 0 Å². The van der Waals surface area contributed by atoms with Crippen molar-refractivity contribution in [3.05, 3.63) is 20.8 Å². The predicted octanol–water partition coefficient (Wildman–Crippen LogP) is 3.36. The molecule has 5 heteroatoms. The SMILES string of the molecule is Cl.N[C@@H](c1ccc(Br)s1)C1CCOCC1. The molecule has 0 unspecified atom stereocenters. The maximum atomic E-state index is 6.22. The van der Waals surface area contributed by atoms with Gasteiger partial charge in [0.05, 0.1) is 3.79 Å². The molecule has 0 bridgehead atoms. The van der Waals surface area contributed by atoms with E-state index < -0.39 is 0 Å². The van der Waals surface area contributed by atoms with Crippen LogP contribution < -0.4 is 5.73 Å². The van der Waals surface area contributed by atoms with E-state index in [0.29, 0.717) is 5.92 Å². The number of hydrogen-bond acceptors (Lipinski definition) is 3. The van der Waals surface area contributed by atoms with Gasteiger partial charge >= 0.3 is 0 Å². The maximum Gasteiger partial charge on any atom is 0.0701 e. The smallest absolute Gasteiger partial charge is 0.0701 e. The molecule has 1 aromatic heterocycles. The molecule has 1 aliphatic heterocycles. The highest BCUT2D eigenvalue weighted by molar-refractivity contribution is 9.11. The molecule has 0 radical (unpaired) electrons. The summed E-state index contributed by atoms with van der Waals surface area (Å²) in [5.41, 5.74) is 6.22. The van der Waals surface area contributed by atoms with Crippen LogP contribution in [0.15, 0.2) is 15.9 Å². The van der Waals surface area contributed by atoms with Gasteiger partial charge in [0.2, 0.25) is 0 Å². The van der Waals surface area contributed by atoms with Crippen LogP contribution in [0.25, 0.3) is 0 Å². The van der Waals surface area contributed by atoms with Crippen LogP contribution in [0.5, 0.6) is 0 Å². The molecule has 2 rings (SSSR count). The molecule has 1 saturated heterocycles. The van der Waals surface area contributed by atoms with E-state index in [1.165, 1.54) is 4.88 Å². The van der Waals surface area contributed by atoms with E-state index in [9.17, 15) is 0 Å². The van der Waals surface area contributed by atoms with Gasteiger partial charge in [0.1, 0.15) is 0 Å². The fourth-order valence-corrected chi connectivity index (χ4v) is 3.33. The summed E-state index contributed by atoms with van der Waals surface area (Å²) < 4.78 is 6.49. The van der Waals surface area contributed by atoms with Crippen LogP contribution >= 0.6 is 39.7 Å². The fraction of sp³-hybridized carbons (Fsp3) is 0.600. The van der Waals surface area contributed by atoms with Crippen molar-refractivity contribution < 1.29 is 4.74 Å². The standard InChI is InChI=1S/C10H14BrNOS.ClH/c11-9-2-1-8(14-9)10(12)7-3-5-13-6-4-7;/h1-2,7,10H,3-6,12H2;1H/t10-;/m1./s1. The van der Waals surface area contributed by atoms with E-state index in [2.05, 4.69) is 28.1 Å². The lowest BCUT2D eigenvalue weighted by atomic mass is 9.91. The van der Waals surface area contributed by atoms with Crippen molar-refractivity contribution in [2.45, 2.75) is 18.9 Å². The second-order valence-corrected chi connectivity index (χ2v) is 6.11. The molecule has 0 amide bonds. The third kappa shape index (κ3) is 3.43. The summed E-state index contributed by atoms with van der Waals surface area (Å²) in [6.45, 7) is 1.73.